The Labute approximate surface area is 105 Å². The summed E-state index contributed by atoms with van der Waals surface area (Å²) in [4.78, 5) is 11.1. The molecule has 0 bridgehead atoms. The summed E-state index contributed by atoms with van der Waals surface area (Å²) in [6.07, 6.45) is 0. The molecule has 0 spiro atoms. The van der Waals surface area contributed by atoms with Gasteiger partial charge in [0.1, 0.15) is 5.75 Å². The van der Waals surface area contributed by atoms with Gasteiger partial charge in [-0.3, -0.25) is 0 Å². The van der Waals surface area contributed by atoms with E-state index in [0.717, 1.165) is 16.3 Å². The highest BCUT2D eigenvalue weighted by Gasteiger charge is 2.07. The smallest absolute Gasteiger partial charge is 0.343 e. The van der Waals surface area contributed by atoms with Gasteiger partial charge in [0.25, 0.3) is 0 Å². The lowest BCUT2D eigenvalue weighted by Gasteiger charge is -2.10. The summed E-state index contributed by atoms with van der Waals surface area (Å²) in [7, 11) is 1.33. The molecule has 0 unspecified atom stereocenters. The van der Waals surface area contributed by atoms with Crippen LogP contribution in [0.15, 0.2) is 36.4 Å². The molecule has 18 heavy (non-hydrogen) atoms. The first-order chi connectivity index (χ1) is 8.76. The van der Waals surface area contributed by atoms with Crippen molar-refractivity contribution in [1.29, 1.82) is 0 Å². The molecule has 0 aromatic heterocycles. The van der Waals surface area contributed by atoms with Crippen molar-refractivity contribution < 1.29 is 14.3 Å². The molecule has 0 fully saturated rings. The number of rotatable bonds is 4. The first-order valence-corrected chi connectivity index (χ1v) is 5.66. The maximum Gasteiger partial charge on any atom is 0.343 e. The van der Waals surface area contributed by atoms with Crippen molar-refractivity contribution in [2.75, 3.05) is 13.7 Å². The number of fused-ring (bicyclic) bond motifs is 1. The van der Waals surface area contributed by atoms with Crippen molar-refractivity contribution in [3.05, 3.63) is 42.0 Å². The van der Waals surface area contributed by atoms with Crippen LogP contribution in [0.3, 0.4) is 0 Å². The molecule has 2 N–H and O–H groups in total. The number of carbonyl (C=O) groups is 1. The number of ether oxygens (including phenoxy) is 2. The van der Waals surface area contributed by atoms with E-state index in [-0.39, 0.29) is 6.61 Å². The Bertz CT molecular complexity index is 566. The largest absolute Gasteiger partial charge is 0.481 e. The second kappa shape index (κ2) is 5.51. The van der Waals surface area contributed by atoms with Gasteiger partial charge in [-0.15, -0.1) is 0 Å². The Morgan fingerprint density at radius 3 is 2.61 bits per heavy atom. The van der Waals surface area contributed by atoms with E-state index < -0.39 is 5.97 Å². The highest BCUT2D eigenvalue weighted by Crippen LogP contribution is 2.27. The van der Waals surface area contributed by atoms with Crippen molar-refractivity contribution in [3.63, 3.8) is 0 Å². The van der Waals surface area contributed by atoms with Gasteiger partial charge in [-0.2, -0.15) is 0 Å². The second-order valence-corrected chi connectivity index (χ2v) is 3.84. The summed E-state index contributed by atoms with van der Waals surface area (Å²) < 4.78 is 10.0. The van der Waals surface area contributed by atoms with Crippen LogP contribution in [-0.2, 0) is 16.1 Å². The molecule has 4 nitrogen and oxygen atoms in total. The predicted octanol–water partition coefficient (Wildman–Crippen LogP) is 1.85. The fourth-order valence-corrected chi connectivity index (χ4v) is 1.85. The fraction of sp³-hybridized carbons (Fsp3) is 0.214. The molecular weight excluding hydrogens is 230 g/mol. The van der Waals surface area contributed by atoms with E-state index in [2.05, 4.69) is 4.74 Å². The number of hydrogen-bond donors (Lipinski definition) is 1. The third-order valence-electron chi connectivity index (χ3n) is 2.77. The van der Waals surface area contributed by atoms with E-state index in [9.17, 15) is 4.79 Å². The van der Waals surface area contributed by atoms with Crippen LogP contribution >= 0.6 is 0 Å². The number of esters is 1. The van der Waals surface area contributed by atoms with Gasteiger partial charge in [0.15, 0.2) is 6.61 Å². The molecule has 2 rings (SSSR count). The SMILES string of the molecule is COC(=O)COc1cccc2c(CN)cccc12. The van der Waals surface area contributed by atoms with Crippen LogP contribution in [-0.4, -0.2) is 19.7 Å². The summed E-state index contributed by atoms with van der Waals surface area (Å²) in [5.74, 6) is 0.259. The minimum Gasteiger partial charge on any atom is -0.481 e. The van der Waals surface area contributed by atoms with Crippen molar-refractivity contribution in [1.82, 2.24) is 0 Å². The average molecular weight is 245 g/mol. The van der Waals surface area contributed by atoms with E-state index in [1.54, 1.807) is 0 Å². The zero-order valence-corrected chi connectivity index (χ0v) is 10.2. The lowest BCUT2D eigenvalue weighted by atomic mass is 10.0. The van der Waals surface area contributed by atoms with Gasteiger partial charge >= 0.3 is 5.97 Å². The summed E-state index contributed by atoms with van der Waals surface area (Å²) in [5.41, 5.74) is 6.75. The van der Waals surface area contributed by atoms with Gasteiger partial charge in [0.2, 0.25) is 0 Å². The van der Waals surface area contributed by atoms with Gasteiger partial charge in [0, 0.05) is 11.9 Å². The number of carbonyl (C=O) groups excluding carboxylic acids is 1. The quantitative estimate of drug-likeness (QED) is 0.835. The van der Waals surface area contributed by atoms with Crippen LogP contribution in [0.25, 0.3) is 10.8 Å². The summed E-state index contributed by atoms with van der Waals surface area (Å²) in [6.45, 7) is 0.375. The zero-order chi connectivity index (χ0) is 13.0. The van der Waals surface area contributed by atoms with Crippen molar-refractivity contribution in [2.45, 2.75) is 6.54 Å². The monoisotopic (exact) mass is 245 g/mol. The van der Waals surface area contributed by atoms with Gasteiger partial charge in [-0.1, -0.05) is 30.3 Å². The van der Waals surface area contributed by atoms with E-state index in [1.807, 2.05) is 36.4 Å². The van der Waals surface area contributed by atoms with Crippen LogP contribution in [0.5, 0.6) is 5.75 Å². The Morgan fingerprint density at radius 2 is 1.89 bits per heavy atom. The number of benzene rings is 2. The first kappa shape index (κ1) is 12.4. The molecule has 0 aliphatic rings. The second-order valence-electron chi connectivity index (χ2n) is 3.84. The molecule has 2 aromatic carbocycles. The van der Waals surface area contributed by atoms with E-state index >= 15 is 0 Å². The van der Waals surface area contributed by atoms with Crippen molar-refractivity contribution in [2.24, 2.45) is 5.73 Å². The van der Waals surface area contributed by atoms with Gasteiger partial charge in [-0.05, 0) is 17.0 Å². The van der Waals surface area contributed by atoms with E-state index in [4.69, 9.17) is 10.5 Å². The number of methoxy groups -OCH3 is 1. The van der Waals surface area contributed by atoms with Crippen molar-refractivity contribution in [3.8, 4) is 5.75 Å². The van der Waals surface area contributed by atoms with E-state index in [0.29, 0.717) is 12.3 Å². The molecule has 0 aliphatic heterocycles. The molecular formula is C14H15NO3. The Morgan fingerprint density at radius 1 is 1.17 bits per heavy atom. The molecule has 0 atom stereocenters. The Balaban J connectivity index is 2.36. The van der Waals surface area contributed by atoms with Crippen LogP contribution in [0, 0.1) is 0 Å². The van der Waals surface area contributed by atoms with Crippen LogP contribution in [0.4, 0.5) is 0 Å². The van der Waals surface area contributed by atoms with Gasteiger partial charge in [0.05, 0.1) is 7.11 Å². The first-order valence-electron chi connectivity index (χ1n) is 5.66. The molecule has 0 amide bonds. The predicted molar refractivity (Wildman–Crippen MR) is 69.4 cm³/mol. The maximum absolute atomic E-state index is 11.1. The standard InChI is InChI=1S/C14H15NO3/c1-17-14(16)9-18-13-7-3-5-11-10(8-15)4-2-6-12(11)13/h2-7H,8-9,15H2,1H3. The van der Waals surface area contributed by atoms with Crippen LogP contribution in [0.1, 0.15) is 5.56 Å². The molecule has 94 valence electrons. The van der Waals surface area contributed by atoms with Crippen LogP contribution in [0.2, 0.25) is 0 Å². The zero-order valence-electron chi connectivity index (χ0n) is 10.2. The Kier molecular flexibility index (Phi) is 3.79. The molecule has 0 radical (unpaired) electrons. The van der Waals surface area contributed by atoms with Gasteiger partial charge in [-0.25, -0.2) is 4.79 Å². The summed E-state index contributed by atoms with van der Waals surface area (Å²) in [6, 6.07) is 11.5. The third-order valence-corrected chi connectivity index (χ3v) is 2.77. The highest BCUT2D eigenvalue weighted by molar-refractivity contribution is 5.91. The highest BCUT2D eigenvalue weighted by atomic mass is 16.6. The summed E-state index contributed by atoms with van der Waals surface area (Å²) in [5, 5.41) is 1.99. The van der Waals surface area contributed by atoms with E-state index in [1.165, 1.54) is 7.11 Å². The summed E-state index contributed by atoms with van der Waals surface area (Å²) >= 11 is 0. The van der Waals surface area contributed by atoms with Crippen LogP contribution < -0.4 is 10.5 Å². The number of nitrogens with two attached hydrogens (primary N) is 1. The molecule has 0 aliphatic carbocycles. The fourth-order valence-electron chi connectivity index (χ4n) is 1.85. The molecule has 2 aromatic rings. The molecule has 0 saturated heterocycles. The molecule has 0 heterocycles. The third kappa shape index (κ3) is 2.43. The lowest BCUT2D eigenvalue weighted by Crippen LogP contribution is -2.12. The maximum atomic E-state index is 11.1. The Hall–Kier alpha value is -2.07. The van der Waals surface area contributed by atoms with Gasteiger partial charge < -0.3 is 15.2 Å². The number of hydrogen-bond acceptors (Lipinski definition) is 4. The normalized spacial score (nSPS) is 10.3. The van der Waals surface area contributed by atoms with Crippen molar-refractivity contribution >= 4 is 16.7 Å². The topological polar surface area (TPSA) is 61.5 Å². The lowest BCUT2D eigenvalue weighted by molar-refractivity contribution is -0.142. The minimum atomic E-state index is -0.401. The average Bonchev–Trinajstić information content (AvgIpc) is 2.43. The molecule has 4 heteroatoms. The molecule has 0 saturated carbocycles. The minimum absolute atomic E-state index is 0.0948.